The van der Waals surface area contributed by atoms with E-state index in [1.165, 1.54) is 12.1 Å². The van der Waals surface area contributed by atoms with Gasteiger partial charge in [0.25, 0.3) is 0 Å². The first-order chi connectivity index (χ1) is 8.54. The maximum Gasteiger partial charge on any atom is 0.224 e. The van der Waals surface area contributed by atoms with Crippen molar-refractivity contribution in [2.75, 3.05) is 13.2 Å². The molecule has 5 heteroatoms. The zero-order valence-electron chi connectivity index (χ0n) is 10.2. The first kappa shape index (κ1) is 14.6. The molecule has 1 amide bonds. The molecule has 0 spiro atoms. The number of rotatable bonds is 6. The Morgan fingerprint density at radius 3 is 2.83 bits per heavy atom. The second kappa shape index (κ2) is 7.06. The van der Waals surface area contributed by atoms with Crippen LogP contribution >= 0.6 is 0 Å². The van der Waals surface area contributed by atoms with Crippen LogP contribution in [0.4, 0.5) is 8.78 Å². The third-order valence-electron chi connectivity index (χ3n) is 2.65. The van der Waals surface area contributed by atoms with Crippen LogP contribution in [0.5, 0.6) is 0 Å². The van der Waals surface area contributed by atoms with E-state index in [0.29, 0.717) is 13.0 Å². The van der Waals surface area contributed by atoms with Crippen LogP contribution < -0.4 is 5.32 Å². The van der Waals surface area contributed by atoms with Crippen LogP contribution in [-0.2, 0) is 11.2 Å². The number of aliphatic hydroxyl groups excluding tert-OH is 1. The zero-order valence-corrected chi connectivity index (χ0v) is 10.2. The van der Waals surface area contributed by atoms with Crippen LogP contribution in [-0.4, -0.2) is 24.2 Å². The quantitative estimate of drug-likeness (QED) is 0.814. The Morgan fingerprint density at radius 1 is 1.44 bits per heavy atom. The molecule has 1 unspecified atom stereocenters. The number of benzene rings is 1. The van der Waals surface area contributed by atoms with Gasteiger partial charge in [-0.25, -0.2) is 8.78 Å². The van der Waals surface area contributed by atoms with Gasteiger partial charge in [0.2, 0.25) is 5.91 Å². The summed E-state index contributed by atoms with van der Waals surface area (Å²) in [6.07, 6.45) is 0.407. The van der Waals surface area contributed by atoms with Gasteiger partial charge in [-0.2, -0.15) is 0 Å². The van der Waals surface area contributed by atoms with Gasteiger partial charge in [-0.1, -0.05) is 19.1 Å². The topological polar surface area (TPSA) is 49.3 Å². The van der Waals surface area contributed by atoms with E-state index < -0.39 is 11.6 Å². The number of carbonyl (C=O) groups excluding carboxylic acids is 1. The maximum atomic E-state index is 13.3. The van der Waals surface area contributed by atoms with Gasteiger partial charge in [0.05, 0.1) is 6.42 Å². The van der Waals surface area contributed by atoms with E-state index in [1.807, 2.05) is 6.92 Å². The van der Waals surface area contributed by atoms with Crippen molar-refractivity contribution in [2.45, 2.75) is 19.8 Å². The standard InChI is InChI=1S/C13H17F2NO2/c1-9(5-6-17)8-16-12(18)7-10-3-2-4-11(14)13(10)15/h2-4,9,17H,5-8H2,1H3,(H,16,18). The summed E-state index contributed by atoms with van der Waals surface area (Å²) in [6.45, 7) is 2.37. The lowest BCUT2D eigenvalue weighted by atomic mass is 10.1. The van der Waals surface area contributed by atoms with Crippen molar-refractivity contribution in [1.82, 2.24) is 5.32 Å². The molecule has 100 valence electrons. The maximum absolute atomic E-state index is 13.3. The van der Waals surface area contributed by atoms with Gasteiger partial charge < -0.3 is 10.4 Å². The molecule has 0 fully saturated rings. The first-order valence-electron chi connectivity index (χ1n) is 5.85. The first-order valence-corrected chi connectivity index (χ1v) is 5.85. The van der Waals surface area contributed by atoms with E-state index in [0.717, 1.165) is 6.07 Å². The van der Waals surface area contributed by atoms with Gasteiger partial charge in [0.15, 0.2) is 11.6 Å². The molecular formula is C13H17F2NO2. The molecule has 0 saturated carbocycles. The Balaban J connectivity index is 2.47. The zero-order chi connectivity index (χ0) is 13.5. The van der Waals surface area contributed by atoms with E-state index in [2.05, 4.69) is 5.32 Å². The molecule has 1 rings (SSSR count). The van der Waals surface area contributed by atoms with Crippen molar-refractivity contribution >= 4 is 5.91 Å². The molecule has 0 aromatic heterocycles. The van der Waals surface area contributed by atoms with Gasteiger partial charge >= 0.3 is 0 Å². The summed E-state index contributed by atoms with van der Waals surface area (Å²) >= 11 is 0. The summed E-state index contributed by atoms with van der Waals surface area (Å²) in [6, 6.07) is 3.77. The van der Waals surface area contributed by atoms with Crippen LogP contribution in [0.2, 0.25) is 0 Å². The molecular weight excluding hydrogens is 240 g/mol. The molecule has 0 heterocycles. The lowest BCUT2D eigenvalue weighted by molar-refractivity contribution is -0.120. The minimum Gasteiger partial charge on any atom is -0.396 e. The Bertz CT molecular complexity index is 410. The monoisotopic (exact) mass is 257 g/mol. The molecule has 3 nitrogen and oxygen atoms in total. The van der Waals surface area contributed by atoms with Crippen LogP contribution in [0.1, 0.15) is 18.9 Å². The van der Waals surface area contributed by atoms with Gasteiger partial charge in [-0.3, -0.25) is 4.79 Å². The highest BCUT2D eigenvalue weighted by molar-refractivity contribution is 5.78. The van der Waals surface area contributed by atoms with Crippen molar-refractivity contribution < 1.29 is 18.7 Å². The van der Waals surface area contributed by atoms with Gasteiger partial charge in [-0.05, 0) is 18.4 Å². The largest absolute Gasteiger partial charge is 0.396 e. The molecule has 0 aliphatic carbocycles. The van der Waals surface area contributed by atoms with Gasteiger partial charge in [0, 0.05) is 18.7 Å². The van der Waals surface area contributed by atoms with Gasteiger partial charge in [-0.15, -0.1) is 0 Å². The highest BCUT2D eigenvalue weighted by atomic mass is 19.2. The number of carbonyl (C=O) groups is 1. The third-order valence-corrected chi connectivity index (χ3v) is 2.65. The molecule has 0 saturated heterocycles. The summed E-state index contributed by atoms with van der Waals surface area (Å²) in [5.41, 5.74) is 0.0438. The highest BCUT2D eigenvalue weighted by Gasteiger charge is 2.12. The summed E-state index contributed by atoms with van der Waals surface area (Å²) < 4.78 is 26.2. The fourth-order valence-corrected chi connectivity index (χ4v) is 1.53. The van der Waals surface area contributed by atoms with E-state index in [4.69, 9.17) is 5.11 Å². The highest BCUT2D eigenvalue weighted by Crippen LogP contribution is 2.11. The Kier molecular flexibility index (Phi) is 5.71. The average Bonchev–Trinajstić information content (AvgIpc) is 2.33. The van der Waals surface area contributed by atoms with E-state index in [-0.39, 0.29) is 30.4 Å². The third kappa shape index (κ3) is 4.41. The van der Waals surface area contributed by atoms with Crippen LogP contribution in [0.25, 0.3) is 0 Å². The van der Waals surface area contributed by atoms with Crippen molar-refractivity contribution in [1.29, 1.82) is 0 Å². The van der Waals surface area contributed by atoms with Crippen molar-refractivity contribution in [3.05, 3.63) is 35.4 Å². The van der Waals surface area contributed by atoms with E-state index in [9.17, 15) is 13.6 Å². The molecule has 0 radical (unpaired) electrons. The average molecular weight is 257 g/mol. The summed E-state index contributed by atoms with van der Waals surface area (Å²) in [5, 5.41) is 11.3. The molecule has 2 N–H and O–H groups in total. The molecule has 0 bridgehead atoms. The normalized spacial score (nSPS) is 12.2. The molecule has 0 aliphatic heterocycles. The molecule has 1 aromatic rings. The summed E-state index contributed by atoms with van der Waals surface area (Å²) in [4.78, 5) is 11.5. The lowest BCUT2D eigenvalue weighted by Gasteiger charge is -2.11. The Hall–Kier alpha value is -1.49. The summed E-state index contributed by atoms with van der Waals surface area (Å²) in [5.74, 6) is -2.13. The number of hydrogen-bond acceptors (Lipinski definition) is 2. The molecule has 18 heavy (non-hydrogen) atoms. The minimum absolute atomic E-state index is 0.0438. The second-order valence-corrected chi connectivity index (χ2v) is 4.31. The predicted octanol–water partition coefficient (Wildman–Crippen LogP) is 1.64. The Labute approximate surface area is 105 Å². The van der Waals surface area contributed by atoms with Crippen molar-refractivity contribution in [3.63, 3.8) is 0 Å². The number of hydrogen-bond donors (Lipinski definition) is 2. The van der Waals surface area contributed by atoms with Crippen LogP contribution in [0, 0.1) is 17.6 Å². The molecule has 1 aromatic carbocycles. The predicted molar refractivity (Wildman–Crippen MR) is 63.9 cm³/mol. The lowest BCUT2D eigenvalue weighted by Crippen LogP contribution is -2.30. The number of aliphatic hydroxyl groups is 1. The number of nitrogens with one attached hydrogen (secondary N) is 1. The minimum atomic E-state index is -0.976. The molecule has 0 aliphatic rings. The number of halogens is 2. The van der Waals surface area contributed by atoms with E-state index in [1.54, 1.807) is 0 Å². The number of amides is 1. The van der Waals surface area contributed by atoms with Gasteiger partial charge in [0.1, 0.15) is 0 Å². The SMILES string of the molecule is CC(CCO)CNC(=O)Cc1cccc(F)c1F. The summed E-state index contributed by atoms with van der Waals surface area (Å²) in [7, 11) is 0. The Morgan fingerprint density at radius 2 is 2.17 bits per heavy atom. The van der Waals surface area contributed by atoms with Crippen molar-refractivity contribution in [3.8, 4) is 0 Å². The van der Waals surface area contributed by atoms with Crippen LogP contribution in [0.15, 0.2) is 18.2 Å². The molecule has 1 atom stereocenters. The second-order valence-electron chi connectivity index (χ2n) is 4.31. The van der Waals surface area contributed by atoms with E-state index >= 15 is 0 Å². The van der Waals surface area contributed by atoms with Crippen molar-refractivity contribution in [2.24, 2.45) is 5.92 Å². The van der Waals surface area contributed by atoms with Crippen LogP contribution in [0.3, 0.4) is 0 Å². The fraction of sp³-hybridized carbons (Fsp3) is 0.462. The fourth-order valence-electron chi connectivity index (χ4n) is 1.53. The smallest absolute Gasteiger partial charge is 0.224 e.